The fraction of sp³-hybridized carbons (Fsp3) is 1.00. The van der Waals surface area contributed by atoms with E-state index < -0.39 is 0 Å². The second kappa shape index (κ2) is 1.70. The van der Waals surface area contributed by atoms with E-state index in [0.717, 1.165) is 13.2 Å². The minimum atomic E-state index is 0. The summed E-state index contributed by atoms with van der Waals surface area (Å²) in [7, 11) is 0. The van der Waals surface area contributed by atoms with Gasteiger partial charge >= 0.3 is 0 Å². The highest BCUT2D eigenvalue weighted by Crippen LogP contribution is 2.42. The van der Waals surface area contributed by atoms with Crippen molar-refractivity contribution in [2.24, 2.45) is 5.41 Å². The minimum Gasteiger partial charge on any atom is -0.352 e. The number of rotatable bonds is 0. The Morgan fingerprint density at radius 2 is 1.89 bits per heavy atom. The Balaban J connectivity index is 0.000000500. The molecule has 0 aromatic rings. The van der Waals surface area contributed by atoms with E-state index in [2.05, 4.69) is 6.92 Å². The molecule has 0 N–H and O–H groups in total. The van der Waals surface area contributed by atoms with Crippen LogP contribution in [0.15, 0.2) is 0 Å². The van der Waals surface area contributed by atoms with Crippen LogP contribution in [0.2, 0.25) is 0 Å². The molecule has 0 bridgehead atoms. The quantitative estimate of drug-likeness (QED) is 0.499. The molecule has 0 unspecified atom stereocenters. The first-order valence-electron chi connectivity index (χ1n) is 3.54. The van der Waals surface area contributed by atoms with Crippen LogP contribution in [0, 0.1) is 5.41 Å². The normalized spacial score (nSPS) is 49.7. The molecule has 2 aliphatic rings. The third-order valence-corrected chi connectivity index (χ3v) is 2.45. The van der Waals surface area contributed by atoms with Gasteiger partial charge in [0.2, 0.25) is 0 Å². The zero-order chi connectivity index (χ0) is 6.32. The summed E-state index contributed by atoms with van der Waals surface area (Å²) in [5.41, 5.74) is 0.361. The first-order chi connectivity index (χ1) is 4.31. The maximum atomic E-state index is 5.36. The lowest BCUT2D eigenvalue weighted by molar-refractivity contribution is -0.107. The highest BCUT2D eigenvalue weighted by molar-refractivity contribution is 4.86. The monoisotopic (exact) mass is 132 g/mol. The summed E-state index contributed by atoms with van der Waals surface area (Å²) < 4.78 is 10.7. The Kier molecular flexibility index (Phi) is 1.08. The number of ether oxygens (including phenoxy) is 2. The van der Waals surface area contributed by atoms with Gasteiger partial charge in [0.05, 0.1) is 13.2 Å². The van der Waals surface area contributed by atoms with Crippen LogP contribution in [-0.4, -0.2) is 19.5 Å². The molecule has 0 aromatic heterocycles. The van der Waals surface area contributed by atoms with E-state index in [1.807, 2.05) is 0 Å². The summed E-state index contributed by atoms with van der Waals surface area (Å²) in [5, 5.41) is 0. The molecule has 2 heterocycles. The smallest absolute Gasteiger partial charge is 0.163 e. The van der Waals surface area contributed by atoms with Crippen LogP contribution in [0.25, 0.3) is 0 Å². The summed E-state index contributed by atoms with van der Waals surface area (Å²) >= 11 is 0. The van der Waals surface area contributed by atoms with Crippen LogP contribution in [-0.2, 0) is 9.47 Å². The maximum Gasteiger partial charge on any atom is 0.163 e. The zero-order valence-electron chi connectivity index (χ0n) is 5.72. The topological polar surface area (TPSA) is 18.5 Å². The van der Waals surface area contributed by atoms with E-state index in [9.17, 15) is 0 Å². The third kappa shape index (κ3) is 0.700. The molecular weight excluding hydrogens is 116 g/mol. The van der Waals surface area contributed by atoms with Crippen LogP contribution in [0.3, 0.4) is 0 Å². The highest BCUT2D eigenvalue weighted by atomic mass is 16.7. The molecular formula is C7H16O2. The van der Waals surface area contributed by atoms with Gasteiger partial charge in [0.1, 0.15) is 0 Å². The molecule has 0 amide bonds. The van der Waals surface area contributed by atoms with Crippen molar-refractivity contribution in [2.75, 3.05) is 13.2 Å². The van der Waals surface area contributed by atoms with Gasteiger partial charge in [-0.25, -0.2) is 0 Å². The van der Waals surface area contributed by atoms with Crippen LogP contribution in [0.4, 0.5) is 0 Å². The molecule has 0 radical (unpaired) electrons. The Morgan fingerprint density at radius 1 is 1.33 bits per heavy atom. The van der Waals surface area contributed by atoms with Crippen molar-refractivity contribution in [2.45, 2.75) is 26.1 Å². The second-order valence-electron chi connectivity index (χ2n) is 3.23. The van der Waals surface area contributed by atoms with Crippen LogP contribution < -0.4 is 0 Å². The van der Waals surface area contributed by atoms with E-state index in [0.29, 0.717) is 5.41 Å². The van der Waals surface area contributed by atoms with E-state index >= 15 is 0 Å². The lowest BCUT2D eigenvalue weighted by Gasteiger charge is -2.18. The molecule has 2 aliphatic heterocycles. The van der Waals surface area contributed by atoms with Crippen molar-refractivity contribution in [3.8, 4) is 0 Å². The van der Waals surface area contributed by atoms with Crippen molar-refractivity contribution in [1.82, 2.24) is 0 Å². The molecule has 0 spiro atoms. The van der Waals surface area contributed by atoms with Gasteiger partial charge in [-0.15, -0.1) is 0 Å². The van der Waals surface area contributed by atoms with Crippen molar-refractivity contribution >= 4 is 0 Å². The Hall–Kier alpha value is -0.0800. The first-order valence-corrected chi connectivity index (χ1v) is 3.54. The average Bonchev–Trinajstić information content (AvgIpc) is 2.22. The molecule has 2 heteroatoms. The number of hydrogen-bond acceptors (Lipinski definition) is 2. The van der Waals surface area contributed by atoms with E-state index in [4.69, 9.17) is 9.47 Å². The van der Waals surface area contributed by atoms with Gasteiger partial charge in [-0.3, -0.25) is 0 Å². The van der Waals surface area contributed by atoms with Crippen LogP contribution in [0.1, 0.15) is 22.6 Å². The fourth-order valence-electron chi connectivity index (χ4n) is 1.61. The van der Waals surface area contributed by atoms with Crippen molar-refractivity contribution in [3.05, 3.63) is 0 Å². The Labute approximate surface area is 58.1 Å². The van der Waals surface area contributed by atoms with Crippen LogP contribution in [0.5, 0.6) is 0 Å². The number of hydrogen-bond donors (Lipinski definition) is 0. The largest absolute Gasteiger partial charge is 0.352 e. The van der Waals surface area contributed by atoms with Gasteiger partial charge in [0.15, 0.2) is 6.29 Å². The molecule has 56 valence electrons. The maximum absolute atomic E-state index is 5.36. The molecule has 0 atom stereocenters. The standard InChI is InChI=1S/C7H12O2.2H2/c1-7-2-4-8-6(7)9-5-3-7;;/h6H,2-5H2,1H3;2*1H. The summed E-state index contributed by atoms with van der Waals surface area (Å²) in [6.07, 6.45) is 2.48. The average molecular weight is 132 g/mol. The summed E-state index contributed by atoms with van der Waals surface area (Å²) in [6, 6.07) is 0. The SMILES string of the molecule is CC12CCOC1OCC2.[HH].[HH]. The zero-order valence-corrected chi connectivity index (χ0v) is 5.72. The second-order valence-corrected chi connectivity index (χ2v) is 3.23. The summed E-state index contributed by atoms with van der Waals surface area (Å²) in [6.45, 7) is 4.03. The number of fused-ring (bicyclic) bond motifs is 1. The fourth-order valence-corrected chi connectivity index (χ4v) is 1.61. The third-order valence-electron chi connectivity index (χ3n) is 2.45. The molecule has 2 saturated heterocycles. The molecule has 2 nitrogen and oxygen atoms in total. The Bertz CT molecular complexity index is 120. The van der Waals surface area contributed by atoms with Gasteiger partial charge in [-0.1, -0.05) is 6.92 Å². The molecule has 2 rings (SSSR count). The molecule has 2 fully saturated rings. The van der Waals surface area contributed by atoms with Crippen molar-refractivity contribution < 1.29 is 12.3 Å². The summed E-state index contributed by atoms with van der Waals surface area (Å²) in [5.74, 6) is 0. The molecule has 0 aromatic carbocycles. The lowest BCUT2D eigenvalue weighted by atomic mass is 9.87. The minimum absolute atomic E-state index is 0. The van der Waals surface area contributed by atoms with Crippen LogP contribution >= 0.6 is 0 Å². The molecule has 0 aliphatic carbocycles. The van der Waals surface area contributed by atoms with Gasteiger partial charge < -0.3 is 9.47 Å². The van der Waals surface area contributed by atoms with E-state index in [1.54, 1.807) is 0 Å². The summed E-state index contributed by atoms with van der Waals surface area (Å²) in [4.78, 5) is 0. The van der Waals surface area contributed by atoms with Gasteiger partial charge in [-0.05, 0) is 12.8 Å². The molecule has 0 saturated carbocycles. The lowest BCUT2D eigenvalue weighted by Crippen LogP contribution is -2.21. The first kappa shape index (κ1) is 5.69. The Morgan fingerprint density at radius 3 is 2.33 bits per heavy atom. The molecule has 9 heavy (non-hydrogen) atoms. The van der Waals surface area contributed by atoms with Gasteiger partial charge in [0, 0.05) is 8.27 Å². The van der Waals surface area contributed by atoms with Gasteiger partial charge in [-0.2, -0.15) is 0 Å². The predicted molar refractivity (Wildman–Crippen MR) is 37.3 cm³/mol. The van der Waals surface area contributed by atoms with Crippen molar-refractivity contribution in [1.29, 1.82) is 0 Å². The van der Waals surface area contributed by atoms with E-state index in [-0.39, 0.29) is 9.14 Å². The highest BCUT2D eigenvalue weighted by Gasteiger charge is 2.44. The van der Waals surface area contributed by atoms with E-state index in [1.165, 1.54) is 12.8 Å². The van der Waals surface area contributed by atoms with Gasteiger partial charge in [0.25, 0.3) is 0 Å². The predicted octanol–water partition coefficient (Wildman–Crippen LogP) is 1.65. The van der Waals surface area contributed by atoms with Crippen molar-refractivity contribution in [3.63, 3.8) is 0 Å².